The first-order valence-corrected chi connectivity index (χ1v) is 6.34. The smallest absolute Gasteiger partial charge is 0.126 e. The number of nitrogens with one attached hydrogen (secondary N) is 1. The van der Waals surface area contributed by atoms with Crippen LogP contribution in [0.2, 0.25) is 0 Å². The highest BCUT2D eigenvalue weighted by Crippen LogP contribution is 2.32. The number of fused-ring (bicyclic) bond motifs is 1. The van der Waals surface area contributed by atoms with Crippen LogP contribution in [0.1, 0.15) is 36.9 Å². The van der Waals surface area contributed by atoms with Gasteiger partial charge in [0.15, 0.2) is 0 Å². The molecule has 2 rings (SSSR count). The van der Waals surface area contributed by atoms with Crippen molar-refractivity contribution in [2.24, 2.45) is 5.92 Å². The SMILES string of the molecule is CC(CCO)CNC1CCc2c(F)cccc21. The summed E-state index contributed by atoms with van der Waals surface area (Å²) in [5.41, 5.74) is 1.99. The quantitative estimate of drug-likeness (QED) is 0.824. The Balaban J connectivity index is 1.96. The second-order valence-corrected chi connectivity index (χ2v) is 4.92. The molecule has 2 N–H and O–H groups in total. The minimum absolute atomic E-state index is 0.0739. The summed E-state index contributed by atoms with van der Waals surface area (Å²) in [7, 11) is 0. The summed E-state index contributed by atoms with van der Waals surface area (Å²) in [6, 6.07) is 5.61. The molecule has 0 spiro atoms. The fourth-order valence-corrected chi connectivity index (χ4v) is 2.49. The van der Waals surface area contributed by atoms with Gasteiger partial charge in [-0.25, -0.2) is 4.39 Å². The van der Waals surface area contributed by atoms with Crippen LogP contribution in [0.3, 0.4) is 0 Å². The fourth-order valence-electron chi connectivity index (χ4n) is 2.49. The van der Waals surface area contributed by atoms with Crippen molar-refractivity contribution in [3.63, 3.8) is 0 Å². The Labute approximate surface area is 102 Å². The summed E-state index contributed by atoms with van der Waals surface area (Å²) in [5.74, 6) is 0.382. The predicted octanol–water partition coefficient (Wildman–Crippen LogP) is 2.42. The summed E-state index contributed by atoms with van der Waals surface area (Å²) in [5, 5.41) is 12.3. The summed E-state index contributed by atoms with van der Waals surface area (Å²) in [6.07, 6.45) is 2.62. The molecule has 0 bridgehead atoms. The van der Waals surface area contributed by atoms with Crippen LogP contribution in [-0.4, -0.2) is 18.3 Å². The summed E-state index contributed by atoms with van der Waals surface area (Å²) >= 11 is 0. The second kappa shape index (κ2) is 5.61. The largest absolute Gasteiger partial charge is 0.396 e. The maximum absolute atomic E-state index is 13.5. The van der Waals surface area contributed by atoms with Gasteiger partial charge in [-0.2, -0.15) is 0 Å². The van der Waals surface area contributed by atoms with Crippen LogP contribution in [0.5, 0.6) is 0 Å². The Morgan fingerprint density at radius 2 is 2.35 bits per heavy atom. The average molecular weight is 237 g/mol. The predicted molar refractivity (Wildman–Crippen MR) is 66.3 cm³/mol. The van der Waals surface area contributed by atoms with Gasteiger partial charge in [-0.1, -0.05) is 19.1 Å². The van der Waals surface area contributed by atoms with Gasteiger partial charge in [0.25, 0.3) is 0 Å². The topological polar surface area (TPSA) is 32.3 Å². The highest BCUT2D eigenvalue weighted by molar-refractivity contribution is 5.35. The van der Waals surface area contributed by atoms with Gasteiger partial charge in [0.2, 0.25) is 0 Å². The molecule has 2 atom stereocenters. The van der Waals surface area contributed by atoms with Crippen LogP contribution in [0, 0.1) is 11.7 Å². The van der Waals surface area contributed by atoms with Crippen LogP contribution < -0.4 is 5.32 Å². The van der Waals surface area contributed by atoms with Crippen molar-refractivity contribution >= 4 is 0 Å². The molecule has 1 aromatic rings. The van der Waals surface area contributed by atoms with E-state index in [4.69, 9.17) is 5.11 Å². The van der Waals surface area contributed by atoms with Crippen LogP contribution in [0.4, 0.5) is 4.39 Å². The van der Waals surface area contributed by atoms with E-state index in [1.807, 2.05) is 6.07 Å². The molecule has 0 aliphatic heterocycles. The third-order valence-corrected chi connectivity index (χ3v) is 3.55. The molecule has 1 aliphatic rings. The molecule has 17 heavy (non-hydrogen) atoms. The minimum atomic E-state index is -0.0739. The van der Waals surface area contributed by atoms with E-state index in [-0.39, 0.29) is 18.5 Å². The number of aliphatic hydroxyl groups is 1. The molecule has 0 radical (unpaired) electrons. The van der Waals surface area contributed by atoms with Gasteiger partial charge in [-0.3, -0.25) is 0 Å². The van der Waals surface area contributed by atoms with Crippen molar-refractivity contribution in [1.82, 2.24) is 5.32 Å². The number of halogens is 1. The molecule has 1 aliphatic carbocycles. The molecule has 2 unspecified atom stereocenters. The number of rotatable bonds is 5. The van der Waals surface area contributed by atoms with Crippen molar-refractivity contribution < 1.29 is 9.50 Å². The van der Waals surface area contributed by atoms with Crippen LogP contribution >= 0.6 is 0 Å². The van der Waals surface area contributed by atoms with Gasteiger partial charge in [-0.15, -0.1) is 0 Å². The molecule has 0 aromatic heterocycles. The lowest BCUT2D eigenvalue weighted by Gasteiger charge is -2.17. The van der Waals surface area contributed by atoms with E-state index in [0.29, 0.717) is 5.92 Å². The lowest BCUT2D eigenvalue weighted by Crippen LogP contribution is -2.25. The number of hydrogen-bond acceptors (Lipinski definition) is 2. The number of aliphatic hydroxyl groups excluding tert-OH is 1. The first-order valence-electron chi connectivity index (χ1n) is 6.34. The average Bonchev–Trinajstić information content (AvgIpc) is 2.72. The molecule has 2 nitrogen and oxygen atoms in total. The van der Waals surface area contributed by atoms with E-state index < -0.39 is 0 Å². The Morgan fingerprint density at radius 3 is 3.12 bits per heavy atom. The molecule has 3 heteroatoms. The maximum Gasteiger partial charge on any atom is 0.126 e. The third kappa shape index (κ3) is 2.85. The first-order chi connectivity index (χ1) is 8.22. The standard InChI is InChI=1S/C14H20FNO/c1-10(7-8-17)9-16-14-6-5-11-12(14)3-2-4-13(11)15/h2-4,10,14,16-17H,5-9H2,1H3. The number of benzene rings is 1. The molecular weight excluding hydrogens is 217 g/mol. The summed E-state index contributed by atoms with van der Waals surface area (Å²) in [6.45, 7) is 3.23. The summed E-state index contributed by atoms with van der Waals surface area (Å²) < 4.78 is 13.5. The van der Waals surface area contributed by atoms with Crippen LogP contribution in [-0.2, 0) is 6.42 Å². The van der Waals surface area contributed by atoms with Crippen LogP contribution in [0.25, 0.3) is 0 Å². The van der Waals surface area contributed by atoms with E-state index in [1.165, 1.54) is 6.07 Å². The molecule has 0 saturated heterocycles. The van der Waals surface area contributed by atoms with E-state index in [2.05, 4.69) is 12.2 Å². The first kappa shape index (κ1) is 12.5. The lowest BCUT2D eigenvalue weighted by atomic mass is 10.1. The van der Waals surface area contributed by atoms with E-state index in [0.717, 1.165) is 36.9 Å². The molecule has 0 heterocycles. The van der Waals surface area contributed by atoms with Gasteiger partial charge in [0.05, 0.1) is 0 Å². The molecule has 0 amide bonds. The highest BCUT2D eigenvalue weighted by Gasteiger charge is 2.24. The van der Waals surface area contributed by atoms with Crippen molar-refractivity contribution in [3.8, 4) is 0 Å². The highest BCUT2D eigenvalue weighted by atomic mass is 19.1. The zero-order valence-corrected chi connectivity index (χ0v) is 10.2. The van der Waals surface area contributed by atoms with Crippen molar-refractivity contribution in [2.75, 3.05) is 13.2 Å². The van der Waals surface area contributed by atoms with E-state index >= 15 is 0 Å². The van der Waals surface area contributed by atoms with Gasteiger partial charge >= 0.3 is 0 Å². The molecule has 94 valence electrons. The monoisotopic (exact) mass is 237 g/mol. The van der Waals surface area contributed by atoms with Crippen molar-refractivity contribution in [2.45, 2.75) is 32.2 Å². The molecule has 0 saturated carbocycles. The van der Waals surface area contributed by atoms with Gasteiger partial charge in [0.1, 0.15) is 5.82 Å². The van der Waals surface area contributed by atoms with E-state index in [9.17, 15) is 4.39 Å². The van der Waals surface area contributed by atoms with Crippen LogP contribution in [0.15, 0.2) is 18.2 Å². The lowest BCUT2D eigenvalue weighted by molar-refractivity contribution is 0.257. The molecular formula is C14H20FNO. The molecule has 0 fully saturated rings. The Hall–Kier alpha value is -0.930. The van der Waals surface area contributed by atoms with Crippen molar-refractivity contribution in [1.29, 1.82) is 0 Å². The summed E-state index contributed by atoms with van der Waals surface area (Å²) in [4.78, 5) is 0. The van der Waals surface area contributed by atoms with Gasteiger partial charge < -0.3 is 10.4 Å². The Morgan fingerprint density at radius 1 is 1.53 bits per heavy atom. The fraction of sp³-hybridized carbons (Fsp3) is 0.571. The van der Waals surface area contributed by atoms with Crippen molar-refractivity contribution in [3.05, 3.63) is 35.1 Å². The number of hydrogen-bond donors (Lipinski definition) is 2. The third-order valence-electron chi connectivity index (χ3n) is 3.55. The Kier molecular flexibility index (Phi) is 4.13. The normalized spacial score (nSPS) is 20.3. The minimum Gasteiger partial charge on any atom is -0.396 e. The zero-order chi connectivity index (χ0) is 12.3. The maximum atomic E-state index is 13.5. The van der Waals surface area contributed by atoms with Gasteiger partial charge in [-0.05, 0) is 48.9 Å². The molecule has 1 aromatic carbocycles. The van der Waals surface area contributed by atoms with E-state index in [1.54, 1.807) is 6.07 Å². The second-order valence-electron chi connectivity index (χ2n) is 4.92. The van der Waals surface area contributed by atoms with Gasteiger partial charge in [0, 0.05) is 12.6 Å². The zero-order valence-electron chi connectivity index (χ0n) is 10.2. The Bertz CT molecular complexity index is 380.